The topological polar surface area (TPSA) is 85.1 Å². The predicted molar refractivity (Wildman–Crippen MR) is 98.2 cm³/mol. The number of carbonyl (C=O) groups excluding carboxylic acids is 2. The van der Waals surface area contributed by atoms with Crippen LogP contribution in [0.15, 0.2) is 30.3 Å². The maximum absolute atomic E-state index is 12.5. The Kier molecular flexibility index (Phi) is 4.26. The number of amides is 1. The standard InChI is InChI=1S/C17H14ClN3O2S/c1-8-10(9(2)22)7-11-14(19)15(24-17(11)20-8)16(23)21-13-6-4-3-5-12(13)18/h3-7H,19H2,1-2H3,(H,21,23). The fourth-order valence-corrected chi connectivity index (χ4v) is 3.60. The zero-order valence-corrected chi connectivity index (χ0v) is 14.6. The minimum Gasteiger partial charge on any atom is -0.397 e. The van der Waals surface area contributed by atoms with Gasteiger partial charge in [-0.25, -0.2) is 4.98 Å². The molecule has 3 N–H and O–H groups in total. The van der Waals surface area contributed by atoms with E-state index in [9.17, 15) is 9.59 Å². The lowest BCUT2D eigenvalue weighted by Gasteiger charge is -2.06. The van der Waals surface area contributed by atoms with Gasteiger partial charge in [0.1, 0.15) is 9.71 Å². The molecule has 0 aliphatic heterocycles. The number of rotatable bonds is 3. The molecule has 0 spiro atoms. The van der Waals surface area contributed by atoms with Crippen LogP contribution in [0.5, 0.6) is 0 Å². The molecule has 0 unspecified atom stereocenters. The Morgan fingerprint density at radius 3 is 2.67 bits per heavy atom. The molecule has 7 heteroatoms. The van der Waals surface area contributed by atoms with Gasteiger partial charge in [-0.05, 0) is 32.0 Å². The molecule has 0 atom stereocenters. The number of hydrogen-bond donors (Lipinski definition) is 2. The van der Waals surface area contributed by atoms with Crippen molar-refractivity contribution in [1.82, 2.24) is 4.98 Å². The van der Waals surface area contributed by atoms with Crippen molar-refractivity contribution in [1.29, 1.82) is 0 Å². The Morgan fingerprint density at radius 1 is 1.29 bits per heavy atom. The van der Waals surface area contributed by atoms with E-state index in [1.165, 1.54) is 18.3 Å². The second kappa shape index (κ2) is 6.22. The van der Waals surface area contributed by atoms with Crippen molar-refractivity contribution in [3.05, 3.63) is 51.5 Å². The second-order valence-electron chi connectivity index (χ2n) is 5.31. The zero-order chi connectivity index (χ0) is 17.4. The number of carbonyl (C=O) groups is 2. The predicted octanol–water partition coefficient (Wildman–Crippen LogP) is 4.30. The molecular weight excluding hydrogens is 346 g/mol. The van der Waals surface area contributed by atoms with Gasteiger partial charge in [-0.1, -0.05) is 23.7 Å². The molecule has 2 aromatic heterocycles. The maximum atomic E-state index is 12.5. The van der Waals surface area contributed by atoms with Crippen LogP contribution in [0, 0.1) is 6.92 Å². The number of benzene rings is 1. The highest BCUT2D eigenvalue weighted by atomic mass is 35.5. The summed E-state index contributed by atoms with van der Waals surface area (Å²) in [5.74, 6) is -0.444. The van der Waals surface area contributed by atoms with Gasteiger partial charge >= 0.3 is 0 Å². The highest BCUT2D eigenvalue weighted by Crippen LogP contribution is 2.34. The SMILES string of the molecule is CC(=O)c1cc2c(N)c(C(=O)Nc3ccccc3Cl)sc2nc1C. The van der Waals surface area contributed by atoms with Gasteiger partial charge in [0.15, 0.2) is 5.78 Å². The van der Waals surface area contributed by atoms with Crippen LogP contribution in [-0.4, -0.2) is 16.7 Å². The molecule has 0 aliphatic carbocycles. The molecule has 0 aliphatic rings. The first-order chi connectivity index (χ1) is 11.4. The summed E-state index contributed by atoms with van der Waals surface area (Å²) in [5.41, 5.74) is 8.06. The van der Waals surface area contributed by atoms with E-state index in [1.807, 2.05) is 0 Å². The number of aryl methyl sites for hydroxylation is 1. The van der Waals surface area contributed by atoms with Crippen LogP contribution in [-0.2, 0) is 0 Å². The molecular formula is C17H14ClN3O2S. The van der Waals surface area contributed by atoms with Gasteiger partial charge in [0.25, 0.3) is 5.91 Å². The number of ketones is 1. The third kappa shape index (κ3) is 2.86. The largest absolute Gasteiger partial charge is 0.397 e. The lowest BCUT2D eigenvalue weighted by molar-refractivity contribution is 0.101. The van der Waals surface area contributed by atoms with E-state index in [0.29, 0.717) is 42.7 Å². The van der Waals surface area contributed by atoms with Gasteiger partial charge in [-0.15, -0.1) is 11.3 Å². The van der Waals surface area contributed by atoms with E-state index in [-0.39, 0.29) is 11.7 Å². The van der Waals surface area contributed by atoms with Crippen molar-refractivity contribution in [2.45, 2.75) is 13.8 Å². The van der Waals surface area contributed by atoms with Gasteiger partial charge in [-0.2, -0.15) is 0 Å². The van der Waals surface area contributed by atoms with E-state index >= 15 is 0 Å². The fourth-order valence-electron chi connectivity index (χ4n) is 2.39. The van der Waals surface area contributed by atoms with Crippen LogP contribution in [0.3, 0.4) is 0 Å². The number of nitrogen functional groups attached to an aromatic ring is 1. The number of anilines is 2. The Bertz CT molecular complexity index is 981. The number of pyridine rings is 1. The summed E-state index contributed by atoms with van der Waals surface area (Å²) in [6.45, 7) is 3.24. The third-order valence-electron chi connectivity index (χ3n) is 3.62. The van der Waals surface area contributed by atoms with Gasteiger partial charge in [-0.3, -0.25) is 9.59 Å². The minimum absolute atomic E-state index is 0.0884. The first kappa shape index (κ1) is 16.4. The first-order valence-corrected chi connectivity index (χ1v) is 8.34. The van der Waals surface area contributed by atoms with Crippen LogP contribution in [0.1, 0.15) is 32.6 Å². The number of nitrogens with two attached hydrogens (primary N) is 1. The zero-order valence-electron chi connectivity index (χ0n) is 13.0. The van der Waals surface area contributed by atoms with Crippen molar-refractivity contribution in [2.75, 3.05) is 11.1 Å². The van der Waals surface area contributed by atoms with E-state index < -0.39 is 0 Å². The minimum atomic E-state index is -0.356. The molecule has 0 radical (unpaired) electrons. The Hall–Kier alpha value is -2.44. The highest BCUT2D eigenvalue weighted by Gasteiger charge is 2.20. The average Bonchev–Trinajstić information content (AvgIpc) is 2.84. The summed E-state index contributed by atoms with van der Waals surface area (Å²) in [6, 6.07) is 8.65. The normalized spacial score (nSPS) is 10.8. The van der Waals surface area contributed by atoms with Gasteiger partial charge in [0.05, 0.1) is 16.4 Å². The molecule has 0 bridgehead atoms. The van der Waals surface area contributed by atoms with Crippen LogP contribution < -0.4 is 11.1 Å². The number of fused-ring (bicyclic) bond motifs is 1. The lowest BCUT2D eigenvalue weighted by Crippen LogP contribution is -2.12. The van der Waals surface area contributed by atoms with E-state index in [1.54, 1.807) is 37.3 Å². The number of aromatic nitrogens is 1. The second-order valence-corrected chi connectivity index (χ2v) is 6.72. The average molecular weight is 360 g/mol. The summed E-state index contributed by atoms with van der Waals surface area (Å²) < 4.78 is 0. The Labute approximate surface area is 147 Å². The number of nitrogens with zero attached hydrogens (tertiary/aromatic N) is 1. The molecule has 3 aromatic rings. The summed E-state index contributed by atoms with van der Waals surface area (Å²) >= 11 is 7.25. The molecule has 24 heavy (non-hydrogen) atoms. The maximum Gasteiger partial charge on any atom is 0.267 e. The number of Topliss-reactive ketones (excluding diaryl/α,β-unsaturated/α-hetero) is 1. The Balaban J connectivity index is 2.04. The summed E-state index contributed by atoms with van der Waals surface area (Å²) in [5, 5.41) is 3.80. The van der Waals surface area contributed by atoms with Crippen molar-refractivity contribution < 1.29 is 9.59 Å². The molecule has 1 amide bonds. The third-order valence-corrected chi connectivity index (χ3v) is 5.06. The van der Waals surface area contributed by atoms with Crippen molar-refractivity contribution in [2.24, 2.45) is 0 Å². The summed E-state index contributed by atoms with van der Waals surface area (Å²) in [4.78, 5) is 29.6. The molecule has 3 rings (SSSR count). The molecule has 122 valence electrons. The smallest absolute Gasteiger partial charge is 0.267 e. The molecule has 0 fully saturated rings. The summed E-state index contributed by atoms with van der Waals surface area (Å²) in [7, 11) is 0. The lowest BCUT2D eigenvalue weighted by atomic mass is 10.1. The van der Waals surface area contributed by atoms with Crippen LogP contribution in [0.2, 0.25) is 5.02 Å². The number of hydrogen-bond acceptors (Lipinski definition) is 5. The molecule has 5 nitrogen and oxygen atoms in total. The van der Waals surface area contributed by atoms with Crippen LogP contribution >= 0.6 is 22.9 Å². The quantitative estimate of drug-likeness (QED) is 0.683. The molecule has 0 saturated carbocycles. The summed E-state index contributed by atoms with van der Waals surface area (Å²) in [6.07, 6.45) is 0. The molecule has 0 saturated heterocycles. The van der Waals surface area contributed by atoms with Crippen molar-refractivity contribution in [3.8, 4) is 0 Å². The fraction of sp³-hybridized carbons (Fsp3) is 0.118. The van der Waals surface area contributed by atoms with Crippen molar-refractivity contribution in [3.63, 3.8) is 0 Å². The number of para-hydroxylation sites is 1. The van der Waals surface area contributed by atoms with Gasteiger partial charge in [0, 0.05) is 16.6 Å². The van der Waals surface area contributed by atoms with E-state index in [0.717, 1.165) is 0 Å². The number of thiophene rings is 1. The van der Waals surface area contributed by atoms with Crippen LogP contribution in [0.25, 0.3) is 10.2 Å². The van der Waals surface area contributed by atoms with E-state index in [4.69, 9.17) is 17.3 Å². The van der Waals surface area contributed by atoms with E-state index in [2.05, 4.69) is 10.3 Å². The first-order valence-electron chi connectivity index (χ1n) is 7.15. The Morgan fingerprint density at radius 2 is 2.00 bits per heavy atom. The molecule has 2 heterocycles. The van der Waals surface area contributed by atoms with Crippen molar-refractivity contribution >= 4 is 56.2 Å². The molecule has 1 aromatic carbocycles. The number of nitrogens with one attached hydrogen (secondary N) is 1. The van der Waals surface area contributed by atoms with Gasteiger partial charge in [0.2, 0.25) is 0 Å². The number of halogens is 1. The van der Waals surface area contributed by atoms with Crippen LogP contribution in [0.4, 0.5) is 11.4 Å². The highest BCUT2D eigenvalue weighted by molar-refractivity contribution is 7.21. The van der Waals surface area contributed by atoms with Gasteiger partial charge < -0.3 is 11.1 Å². The monoisotopic (exact) mass is 359 g/mol.